The number of benzene rings is 1. The summed E-state index contributed by atoms with van der Waals surface area (Å²) in [6.07, 6.45) is 0.0122. The first-order valence-corrected chi connectivity index (χ1v) is 11.7. The maximum Gasteiger partial charge on any atom is 0.257 e. The lowest BCUT2D eigenvalue weighted by molar-refractivity contribution is 0.0762. The summed E-state index contributed by atoms with van der Waals surface area (Å²) in [7, 11) is 0. The number of carbonyl (C=O) groups is 1. The van der Waals surface area contributed by atoms with Gasteiger partial charge in [-0.3, -0.25) is 4.79 Å². The number of hydrogen-bond donors (Lipinski definition) is 4. The quantitative estimate of drug-likeness (QED) is 0.378. The molecule has 4 N–H and O–H groups in total. The van der Waals surface area contributed by atoms with E-state index in [1.807, 2.05) is 19.9 Å². The minimum Gasteiger partial charge on any atom is -0.505 e. The van der Waals surface area contributed by atoms with Crippen molar-refractivity contribution in [2.75, 3.05) is 23.7 Å². The topological polar surface area (TPSA) is 124 Å². The van der Waals surface area contributed by atoms with Crippen molar-refractivity contribution >= 4 is 35.0 Å². The molecule has 9 nitrogen and oxygen atoms in total. The van der Waals surface area contributed by atoms with Crippen molar-refractivity contribution in [1.29, 1.82) is 0 Å². The first kappa shape index (κ1) is 23.1. The molecular formula is C23H29N5O4S. The van der Waals surface area contributed by atoms with E-state index in [1.54, 1.807) is 23.1 Å². The maximum atomic E-state index is 12.8. The lowest BCUT2D eigenvalue weighted by Gasteiger charge is -2.21. The number of nitrogens with zero attached hydrogens (tertiary/aromatic N) is 3. The van der Waals surface area contributed by atoms with E-state index < -0.39 is 6.10 Å². The number of aliphatic hydroxyl groups excluding tert-OH is 1. The third-order valence-corrected chi connectivity index (χ3v) is 6.44. The van der Waals surface area contributed by atoms with E-state index in [2.05, 4.69) is 33.2 Å². The summed E-state index contributed by atoms with van der Waals surface area (Å²) in [5.74, 6) is 2.42. The Morgan fingerprint density at radius 2 is 2.03 bits per heavy atom. The predicted molar refractivity (Wildman–Crippen MR) is 127 cm³/mol. The van der Waals surface area contributed by atoms with Gasteiger partial charge in [-0.1, -0.05) is 19.9 Å². The molecule has 33 heavy (non-hydrogen) atoms. The van der Waals surface area contributed by atoms with Crippen molar-refractivity contribution in [3.05, 3.63) is 46.9 Å². The van der Waals surface area contributed by atoms with Gasteiger partial charge in [0.15, 0.2) is 17.4 Å². The highest BCUT2D eigenvalue weighted by molar-refractivity contribution is 6.99. The number of amides is 1. The first-order chi connectivity index (χ1) is 15.7. The maximum absolute atomic E-state index is 12.8. The average Bonchev–Trinajstić information content (AvgIpc) is 3.48. The Hall–Kier alpha value is -3.11. The van der Waals surface area contributed by atoms with Gasteiger partial charge in [0.2, 0.25) is 0 Å². The van der Waals surface area contributed by atoms with Crippen LogP contribution in [0.5, 0.6) is 5.75 Å². The van der Waals surface area contributed by atoms with Gasteiger partial charge in [-0.25, -0.2) is 0 Å². The Labute approximate surface area is 196 Å². The number of aromatic hydroxyl groups is 1. The highest BCUT2D eigenvalue weighted by Gasteiger charge is 2.28. The van der Waals surface area contributed by atoms with Gasteiger partial charge >= 0.3 is 0 Å². The lowest BCUT2D eigenvalue weighted by atomic mass is 10.0. The third kappa shape index (κ3) is 4.81. The van der Waals surface area contributed by atoms with Gasteiger partial charge in [-0.15, -0.1) is 0 Å². The van der Waals surface area contributed by atoms with Crippen LogP contribution in [0.15, 0.2) is 28.7 Å². The van der Waals surface area contributed by atoms with E-state index in [0.29, 0.717) is 30.3 Å². The fourth-order valence-electron chi connectivity index (χ4n) is 3.88. The van der Waals surface area contributed by atoms with Gasteiger partial charge in [0.05, 0.1) is 35.1 Å². The van der Waals surface area contributed by atoms with Crippen LogP contribution in [0.25, 0.3) is 0 Å². The Kier molecular flexibility index (Phi) is 6.57. The smallest absolute Gasteiger partial charge is 0.257 e. The molecule has 1 fully saturated rings. The minimum absolute atomic E-state index is 0.120. The number of phenols is 1. The molecule has 0 saturated carbocycles. The second kappa shape index (κ2) is 9.40. The molecule has 176 valence electrons. The molecule has 2 atom stereocenters. The molecule has 4 rings (SSSR count). The zero-order valence-electron chi connectivity index (χ0n) is 19.1. The van der Waals surface area contributed by atoms with Gasteiger partial charge < -0.3 is 30.2 Å². The van der Waals surface area contributed by atoms with E-state index >= 15 is 0 Å². The van der Waals surface area contributed by atoms with Crippen LogP contribution in [0.2, 0.25) is 0 Å². The molecule has 1 aliphatic heterocycles. The molecule has 0 bridgehead atoms. The number of para-hydroxylation sites is 1. The van der Waals surface area contributed by atoms with Crippen LogP contribution in [0.1, 0.15) is 53.8 Å². The van der Waals surface area contributed by atoms with Crippen molar-refractivity contribution in [3.63, 3.8) is 0 Å². The summed E-state index contributed by atoms with van der Waals surface area (Å²) in [6, 6.07) is 6.84. The second-order valence-electron chi connectivity index (χ2n) is 8.74. The predicted octanol–water partition coefficient (Wildman–Crippen LogP) is 4.21. The van der Waals surface area contributed by atoms with Crippen molar-refractivity contribution in [2.24, 2.45) is 5.92 Å². The van der Waals surface area contributed by atoms with Crippen LogP contribution >= 0.6 is 11.7 Å². The van der Waals surface area contributed by atoms with Crippen LogP contribution in [0.3, 0.4) is 0 Å². The van der Waals surface area contributed by atoms with E-state index in [4.69, 9.17) is 4.42 Å². The molecule has 10 heteroatoms. The van der Waals surface area contributed by atoms with Gasteiger partial charge in [-0.05, 0) is 49.9 Å². The number of likely N-dealkylation sites (tertiary alicyclic amines) is 1. The highest BCUT2D eigenvalue weighted by atomic mass is 32.1. The van der Waals surface area contributed by atoms with Crippen molar-refractivity contribution < 1.29 is 19.4 Å². The number of phenolic OH excluding ortho intramolecular Hbond substituents is 1. The average molecular weight is 472 g/mol. The van der Waals surface area contributed by atoms with Crippen LogP contribution in [-0.2, 0) is 0 Å². The molecule has 3 aromatic rings. The molecule has 1 amide bonds. The van der Waals surface area contributed by atoms with Crippen molar-refractivity contribution in [2.45, 2.75) is 46.3 Å². The molecule has 2 aromatic heterocycles. The van der Waals surface area contributed by atoms with Crippen molar-refractivity contribution in [3.8, 4) is 5.75 Å². The largest absolute Gasteiger partial charge is 0.505 e. The number of carbonyl (C=O) groups excluding carboxylic acids is 1. The molecule has 1 aliphatic rings. The van der Waals surface area contributed by atoms with Gasteiger partial charge in [0, 0.05) is 13.1 Å². The van der Waals surface area contributed by atoms with E-state index in [0.717, 1.165) is 28.8 Å². The number of anilines is 3. The van der Waals surface area contributed by atoms with Crippen LogP contribution in [0, 0.1) is 19.8 Å². The monoisotopic (exact) mass is 471 g/mol. The third-order valence-electron chi connectivity index (χ3n) is 5.91. The first-order valence-electron chi connectivity index (χ1n) is 11.0. The zero-order chi connectivity index (χ0) is 23.7. The summed E-state index contributed by atoms with van der Waals surface area (Å²) in [5.41, 5.74) is 1.61. The summed E-state index contributed by atoms with van der Waals surface area (Å²) in [4.78, 5) is 14.4. The molecule has 1 aromatic carbocycles. The van der Waals surface area contributed by atoms with Gasteiger partial charge in [-0.2, -0.15) is 8.75 Å². The zero-order valence-corrected chi connectivity index (χ0v) is 19.9. The van der Waals surface area contributed by atoms with E-state index in [-0.39, 0.29) is 35.7 Å². The Morgan fingerprint density at radius 1 is 1.27 bits per heavy atom. The number of aromatic nitrogens is 2. The molecule has 0 aliphatic carbocycles. The number of aryl methyl sites for hydroxylation is 2. The van der Waals surface area contributed by atoms with Crippen LogP contribution in [-0.4, -0.2) is 49.0 Å². The molecule has 0 radical (unpaired) electrons. The van der Waals surface area contributed by atoms with Gasteiger partial charge in [0.1, 0.15) is 11.5 Å². The molecule has 1 unspecified atom stereocenters. The number of β-amino-alcohol motifs (C(OH)–C–C–N with tert-alkyl or cyclic N) is 1. The molecular weight excluding hydrogens is 442 g/mol. The van der Waals surface area contributed by atoms with E-state index in [9.17, 15) is 15.0 Å². The minimum atomic E-state index is -0.525. The summed E-state index contributed by atoms with van der Waals surface area (Å²) < 4.78 is 14.6. The fourth-order valence-corrected chi connectivity index (χ4v) is 4.35. The fraction of sp³-hybridized carbons (Fsp3) is 0.435. The number of nitrogens with one attached hydrogen (secondary N) is 2. The number of furan rings is 1. The number of hydrogen-bond acceptors (Lipinski definition) is 9. The van der Waals surface area contributed by atoms with Crippen molar-refractivity contribution in [1.82, 2.24) is 13.6 Å². The van der Waals surface area contributed by atoms with Crippen LogP contribution in [0.4, 0.5) is 17.3 Å². The molecule has 3 heterocycles. The number of aliphatic hydroxyl groups is 1. The Bertz CT molecular complexity index is 1120. The highest BCUT2D eigenvalue weighted by Crippen LogP contribution is 2.36. The summed E-state index contributed by atoms with van der Waals surface area (Å²) in [5, 5.41) is 27.0. The second-order valence-corrected chi connectivity index (χ2v) is 9.26. The Balaban J connectivity index is 1.55. The lowest BCUT2D eigenvalue weighted by Crippen LogP contribution is -2.29. The Morgan fingerprint density at radius 3 is 2.67 bits per heavy atom. The molecule has 1 saturated heterocycles. The SMILES string of the molecule is Cc1cc(C(Nc2nsnc2Nc2cccc(C(=O)N3CC[C@@H](O)C3)c2O)C(C)C)oc1C. The summed E-state index contributed by atoms with van der Waals surface area (Å²) >= 11 is 1.04. The normalized spacial score (nSPS) is 16.9. The molecule has 0 spiro atoms. The van der Waals surface area contributed by atoms with E-state index in [1.165, 1.54) is 0 Å². The standard InChI is InChI=1S/C23H29N5O4S/c1-12(2)19(18-10-13(3)14(4)32-18)25-22-21(26-33-27-22)24-17-7-5-6-16(20(17)30)23(31)28-9-8-15(29)11-28/h5-7,10,12,15,19,29-30H,8-9,11H2,1-4H3,(H,24,26)(H,25,27)/t15-,19?/m1/s1. The summed E-state index contributed by atoms with van der Waals surface area (Å²) in [6.45, 7) is 8.86. The van der Waals surface area contributed by atoms with Gasteiger partial charge in [0.25, 0.3) is 5.91 Å². The number of rotatable bonds is 7. The van der Waals surface area contributed by atoms with Crippen LogP contribution < -0.4 is 10.6 Å².